The Hall–Kier alpha value is -2.57. The fraction of sp³-hybridized carbons (Fsp3) is 0.0714. The van der Waals surface area contributed by atoms with Crippen LogP contribution in [0.1, 0.15) is 5.56 Å². The maximum Gasteiger partial charge on any atom is 0.416 e. The standard InChI is InChI=1S/C14H8F4N2O/c15-8-2-3-10(19)9(6-8)13-20-11-5-7(14(16,17)18)1-4-12(11)21-13/h1-6H,19H2. The number of aromatic nitrogens is 1. The molecule has 7 heteroatoms. The summed E-state index contributed by atoms with van der Waals surface area (Å²) in [6, 6.07) is 6.56. The summed E-state index contributed by atoms with van der Waals surface area (Å²) in [4.78, 5) is 3.95. The van der Waals surface area contributed by atoms with Gasteiger partial charge >= 0.3 is 6.18 Å². The van der Waals surface area contributed by atoms with Crippen molar-refractivity contribution in [1.29, 1.82) is 0 Å². The minimum atomic E-state index is -4.47. The molecule has 0 saturated carbocycles. The van der Waals surface area contributed by atoms with Crippen molar-refractivity contribution >= 4 is 16.8 Å². The Morgan fingerprint density at radius 2 is 1.81 bits per heavy atom. The van der Waals surface area contributed by atoms with Gasteiger partial charge in [0, 0.05) is 5.69 Å². The number of oxazole rings is 1. The van der Waals surface area contributed by atoms with Crippen molar-refractivity contribution < 1.29 is 22.0 Å². The Morgan fingerprint density at radius 3 is 2.52 bits per heavy atom. The molecular formula is C14H8F4N2O. The quantitative estimate of drug-likeness (QED) is 0.540. The molecule has 2 N–H and O–H groups in total. The van der Waals surface area contributed by atoms with Crippen LogP contribution in [0.3, 0.4) is 0 Å². The van der Waals surface area contributed by atoms with E-state index in [1.54, 1.807) is 0 Å². The molecule has 3 rings (SSSR count). The third-order valence-corrected chi connectivity index (χ3v) is 2.96. The summed E-state index contributed by atoms with van der Waals surface area (Å²) in [6.45, 7) is 0. The normalized spacial score (nSPS) is 12.0. The molecule has 0 amide bonds. The van der Waals surface area contributed by atoms with Crippen molar-refractivity contribution in [1.82, 2.24) is 4.98 Å². The van der Waals surface area contributed by atoms with Crippen LogP contribution >= 0.6 is 0 Å². The number of halogens is 4. The van der Waals surface area contributed by atoms with Crippen molar-refractivity contribution in [2.24, 2.45) is 0 Å². The van der Waals surface area contributed by atoms with Gasteiger partial charge < -0.3 is 10.2 Å². The van der Waals surface area contributed by atoms with Gasteiger partial charge in [-0.15, -0.1) is 0 Å². The number of nitrogens with two attached hydrogens (primary N) is 1. The summed E-state index contributed by atoms with van der Waals surface area (Å²) in [5.74, 6) is -0.571. The highest BCUT2D eigenvalue weighted by atomic mass is 19.4. The third-order valence-electron chi connectivity index (χ3n) is 2.96. The molecule has 1 heterocycles. The lowest BCUT2D eigenvalue weighted by Gasteiger charge is -2.04. The van der Waals surface area contributed by atoms with Crippen LogP contribution in [-0.4, -0.2) is 4.98 Å². The molecule has 0 aliphatic carbocycles. The lowest BCUT2D eigenvalue weighted by atomic mass is 10.2. The van der Waals surface area contributed by atoms with Crippen LogP contribution in [-0.2, 0) is 6.18 Å². The molecule has 0 unspecified atom stereocenters. The van der Waals surface area contributed by atoms with Gasteiger partial charge in [0.15, 0.2) is 5.58 Å². The molecule has 108 valence electrons. The molecule has 0 saturated heterocycles. The van der Waals surface area contributed by atoms with E-state index < -0.39 is 17.6 Å². The highest BCUT2D eigenvalue weighted by Crippen LogP contribution is 2.34. The van der Waals surface area contributed by atoms with Crippen molar-refractivity contribution in [3.05, 3.63) is 47.8 Å². The van der Waals surface area contributed by atoms with Crippen LogP contribution in [0, 0.1) is 5.82 Å². The lowest BCUT2D eigenvalue weighted by molar-refractivity contribution is -0.137. The van der Waals surface area contributed by atoms with E-state index in [4.69, 9.17) is 10.2 Å². The van der Waals surface area contributed by atoms with Gasteiger partial charge in [0.2, 0.25) is 5.89 Å². The molecule has 0 atom stereocenters. The maximum absolute atomic E-state index is 13.2. The molecule has 0 bridgehead atoms. The van der Waals surface area contributed by atoms with Gasteiger partial charge in [-0.25, -0.2) is 9.37 Å². The summed E-state index contributed by atoms with van der Waals surface area (Å²) in [5, 5.41) is 0. The summed E-state index contributed by atoms with van der Waals surface area (Å²) >= 11 is 0. The molecule has 0 fully saturated rings. The van der Waals surface area contributed by atoms with Crippen molar-refractivity contribution in [3.8, 4) is 11.5 Å². The van der Waals surface area contributed by atoms with Gasteiger partial charge in [-0.3, -0.25) is 0 Å². The first-order valence-corrected chi connectivity index (χ1v) is 5.88. The number of nitrogen functional groups attached to an aromatic ring is 1. The first-order valence-electron chi connectivity index (χ1n) is 5.88. The second kappa shape index (κ2) is 4.47. The van der Waals surface area contributed by atoms with Crippen LogP contribution in [0.15, 0.2) is 40.8 Å². The highest BCUT2D eigenvalue weighted by molar-refractivity contribution is 5.80. The Labute approximate surface area is 116 Å². The number of hydrogen-bond donors (Lipinski definition) is 1. The summed E-state index contributed by atoms with van der Waals surface area (Å²) < 4.78 is 56.5. The monoisotopic (exact) mass is 296 g/mol. The first kappa shape index (κ1) is 13.4. The molecule has 0 spiro atoms. The number of nitrogens with zero attached hydrogens (tertiary/aromatic N) is 1. The van der Waals surface area contributed by atoms with E-state index in [2.05, 4.69) is 4.98 Å². The van der Waals surface area contributed by atoms with E-state index in [1.807, 2.05) is 0 Å². The summed E-state index contributed by atoms with van der Waals surface area (Å²) in [6.07, 6.45) is -4.47. The largest absolute Gasteiger partial charge is 0.436 e. The number of benzene rings is 2. The molecule has 1 aromatic heterocycles. The zero-order valence-corrected chi connectivity index (χ0v) is 10.4. The first-order chi connectivity index (χ1) is 9.84. The van der Waals surface area contributed by atoms with Gasteiger partial charge in [-0.2, -0.15) is 13.2 Å². The topological polar surface area (TPSA) is 52.0 Å². The number of alkyl halides is 3. The molecule has 3 aromatic rings. The predicted molar refractivity (Wildman–Crippen MR) is 68.8 cm³/mol. The van der Waals surface area contributed by atoms with Crippen LogP contribution in [0.2, 0.25) is 0 Å². The van der Waals surface area contributed by atoms with Crippen LogP contribution in [0.25, 0.3) is 22.6 Å². The van der Waals surface area contributed by atoms with Gasteiger partial charge in [-0.1, -0.05) is 0 Å². The number of fused-ring (bicyclic) bond motifs is 1. The fourth-order valence-electron chi connectivity index (χ4n) is 1.93. The second-order valence-corrected chi connectivity index (χ2v) is 4.43. The van der Waals surface area contributed by atoms with Gasteiger partial charge in [0.1, 0.15) is 11.3 Å². The maximum atomic E-state index is 13.2. The van der Waals surface area contributed by atoms with Crippen LogP contribution < -0.4 is 5.73 Å². The Kier molecular flexibility index (Phi) is 2.86. The van der Waals surface area contributed by atoms with E-state index >= 15 is 0 Å². The zero-order chi connectivity index (χ0) is 15.2. The average Bonchev–Trinajstić information content (AvgIpc) is 2.83. The van der Waals surface area contributed by atoms with Crippen LogP contribution in [0.5, 0.6) is 0 Å². The zero-order valence-electron chi connectivity index (χ0n) is 10.4. The molecule has 0 aliphatic rings. The Bertz CT molecular complexity index is 823. The van der Waals surface area contributed by atoms with E-state index in [9.17, 15) is 17.6 Å². The smallest absolute Gasteiger partial charge is 0.416 e. The van der Waals surface area contributed by atoms with E-state index in [0.717, 1.165) is 18.2 Å². The van der Waals surface area contributed by atoms with Crippen LogP contribution in [0.4, 0.5) is 23.2 Å². The van der Waals surface area contributed by atoms with Gasteiger partial charge in [0.25, 0.3) is 0 Å². The Morgan fingerprint density at radius 1 is 1.05 bits per heavy atom. The van der Waals surface area contributed by atoms with Crippen molar-refractivity contribution in [3.63, 3.8) is 0 Å². The minimum absolute atomic E-state index is 0.0266. The number of anilines is 1. The number of rotatable bonds is 1. The van der Waals surface area contributed by atoms with E-state index in [0.29, 0.717) is 0 Å². The fourth-order valence-corrected chi connectivity index (χ4v) is 1.93. The molecule has 2 aromatic carbocycles. The molecule has 21 heavy (non-hydrogen) atoms. The summed E-state index contributed by atoms with van der Waals surface area (Å²) in [7, 11) is 0. The van der Waals surface area contributed by atoms with E-state index in [-0.39, 0.29) is 28.2 Å². The number of hydrogen-bond acceptors (Lipinski definition) is 3. The second-order valence-electron chi connectivity index (χ2n) is 4.43. The Balaban J connectivity index is 2.15. The van der Waals surface area contributed by atoms with Gasteiger partial charge in [-0.05, 0) is 36.4 Å². The molecule has 0 aliphatic heterocycles. The minimum Gasteiger partial charge on any atom is -0.436 e. The van der Waals surface area contributed by atoms with E-state index in [1.165, 1.54) is 18.2 Å². The lowest BCUT2D eigenvalue weighted by Crippen LogP contribution is -2.03. The predicted octanol–water partition coefficient (Wildman–Crippen LogP) is 4.23. The highest BCUT2D eigenvalue weighted by Gasteiger charge is 2.31. The molecule has 3 nitrogen and oxygen atoms in total. The summed E-state index contributed by atoms with van der Waals surface area (Å²) in [5.41, 5.74) is 5.48. The third kappa shape index (κ3) is 2.42. The van der Waals surface area contributed by atoms with Crippen molar-refractivity contribution in [2.45, 2.75) is 6.18 Å². The SMILES string of the molecule is Nc1ccc(F)cc1-c1nc2cc(C(F)(F)F)ccc2o1. The van der Waals surface area contributed by atoms with Gasteiger partial charge in [0.05, 0.1) is 11.1 Å². The molecular weight excluding hydrogens is 288 g/mol. The average molecular weight is 296 g/mol. The van der Waals surface area contributed by atoms with Crippen molar-refractivity contribution in [2.75, 3.05) is 5.73 Å². The molecule has 0 radical (unpaired) electrons.